The Morgan fingerprint density at radius 1 is 1.28 bits per heavy atom. The van der Waals surface area contributed by atoms with E-state index in [0.717, 1.165) is 12.0 Å². The monoisotopic (exact) mass is 250 g/mol. The third kappa shape index (κ3) is 4.85. The molecule has 0 spiro atoms. The van der Waals surface area contributed by atoms with Crippen molar-refractivity contribution in [1.82, 2.24) is 10.6 Å². The number of amides is 1. The van der Waals surface area contributed by atoms with E-state index in [-0.39, 0.29) is 11.9 Å². The molecular weight excluding hydrogens is 228 g/mol. The number of aliphatic hydroxyl groups is 1. The maximum absolute atomic E-state index is 10.7. The van der Waals surface area contributed by atoms with E-state index in [4.69, 9.17) is 0 Å². The predicted octanol–water partition coefficient (Wildman–Crippen LogP) is 1.22. The first-order valence-corrected chi connectivity index (χ1v) is 6.36. The standard InChI is InChI=1S/C14H22N2O2/c1-3-13(16-10-9-15-11(2)17)14(18)12-7-5-4-6-8-12/h4-8,13-14,16,18H,3,9-10H2,1-2H3,(H,15,17). The number of aliphatic hydroxyl groups excluding tert-OH is 1. The van der Waals surface area contributed by atoms with Crippen molar-refractivity contribution in [2.75, 3.05) is 13.1 Å². The first-order valence-electron chi connectivity index (χ1n) is 6.36. The van der Waals surface area contributed by atoms with Crippen LogP contribution in [0.5, 0.6) is 0 Å². The zero-order chi connectivity index (χ0) is 13.4. The van der Waals surface area contributed by atoms with E-state index in [1.165, 1.54) is 6.92 Å². The minimum atomic E-state index is -0.520. The second-order valence-electron chi connectivity index (χ2n) is 4.31. The van der Waals surface area contributed by atoms with Crippen LogP contribution in [-0.4, -0.2) is 30.1 Å². The van der Waals surface area contributed by atoms with E-state index >= 15 is 0 Å². The summed E-state index contributed by atoms with van der Waals surface area (Å²) in [5, 5.41) is 16.2. The Kier molecular flexibility index (Phi) is 6.39. The second-order valence-corrected chi connectivity index (χ2v) is 4.31. The lowest BCUT2D eigenvalue weighted by molar-refractivity contribution is -0.118. The summed E-state index contributed by atoms with van der Waals surface area (Å²) in [7, 11) is 0. The van der Waals surface area contributed by atoms with Gasteiger partial charge in [0.25, 0.3) is 0 Å². The molecule has 0 bridgehead atoms. The molecule has 0 fully saturated rings. The summed E-state index contributed by atoms with van der Waals surface area (Å²) in [5.74, 6) is -0.0338. The summed E-state index contributed by atoms with van der Waals surface area (Å²) < 4.78 is 0. The highest BCUT2D eigenvalue weighted by Gasteiger charge is 2.17. The van der Waals surface area contributed by atoms with Crippen LogP contribution in [0.3, 0.4) is 0 Å². The van der Waals surface area contributed by atoms with Gasteiger partial charge in [0.05, 0.1) is 6.10 Å². The topological polar surface area (TPSA) is 61.4 Å². The molecule has 2 atom stereocenters. The predicted molar refractivity (Wildman–Crippen MR) is 72.2 cm³/mol. The van der Waals surface area contributed by atoms with Crippen molar-refractivity contribution < 1.29 is 9.90 Å². The molecule has 3 N–H and O–H groups in total. The summed E-state index contributed by atoms with van der Waals surface area (Å²) in [6.45, 7) is 4.76. The average molecular weight is 250 g/mol. The van der Waals surface area contributed by atoms with Crippen LogP contribution in [0.2, 0.25) is 0 Å². The van der Waals surface area contributed by atoms with Gasteiger partial charge in [0, 0.05) is 26.1 Å². The number of carbonyl (C=O) groups is 1. The molecule has 4 nitrogen and oxygen atoms in total. The van der Waals surface area contributed by atoms with Crippen LogP contribution in [0.1, 0.15) is 31.9 Å². The number of hydrogen-bond donors (Lipinski definition) is 3. The lowest BCUT2D eigenvalue weighted by atomic mass is 10.0. The quantitative estimate of drug-likeness (QED) is 0.638. The summed E-state index contributed by atoms with van der Waals surface area (Å²) in [4.78, 5) is 10.7. The first kappa shape index (κ1) is 14.7. The molecule has 0 aliphatic carbocycles. The minimum Gasteiger partial charge on any atom is -0.387 e. The minimum absolute atomic E-state index is 0.00107. The summed E-state index contributed by atoms with van der Waals surface area (Å²) >= 11 is 0. The Hall–Kier alpha value is -1.39. The fourth-order valence-corrected chi connectivity index (χ4v) is 1.86. The fourth-order valence-electron chi connectivity index (χ4n) is 1.86. The Morgan fingerprint density at radius 2 is 1.94 bits per heavy atom. The number of hydrogen-bond acceptors (Lipinski definition) is 3. The highest BCUT2D eigenvalue weighted by molar-refractivity contribution is 5.72. The van der Waals surface area contributed by atoms with Crippen LogP contribution in [0.25, 0.3) is 0 Å². The SMILES string of the molecule is CCC(NCCNC(C)=O)C(O)c1ccccc1. The molecular formula is C14H22N2O2. The number of rotatable bonds is 7. The van der Waals surface area contributed by atoms with Gasteiger partial charge in [-0.15, -0.1) is 0 Å². The lowest BCUT2D eigenvalue weighted by Gasteiger charge is -2.23. The molecule has 2 unspecified atom stereocenters. The Labute approximate surface area is 108 Å². The number of nitrogens with one attached hydrogen (secondary N) is 2. The third-order valence-electron chi connectivity index (χ3n) is 2.87. The van der Waals surface area contributed by atoms with Gasteiger partial charge in [-0.3, -0.25) is 4.79 Å². The Balaban J connectivity index is 2.43. The van der Waals surface area contributed by atoms with Crippen molar-refractivity contribution in [2.45, 2.75) is 32.4 Å². The first-order chi connectivity index (χ1) is 8.65. The molecule has 0 aromatic heterocycles. The largest absolute Gasteiger partial charge is 0.387 e. The van der Waals surface area contributed by atoms with Crippen molar-refractivity contribution in [3.8, 4) is 0 Å². The molecule has 1 amide bonds. The maximum atomic E-state index is 10.7. The van der Waals surface area contributed by atoms with Crippen LogP contribution in [0.4, 0.5) is 0 Å². The molecule has 100 valence electrons. The summed E-state index contributed by atoms with van der Waals surface area (Å²) in [5.41, 5.74) is 0.913. The van der Waals surface area contributed by atoms with Gasteiger partial charge in [-0.2, -0.15) is 0 Å². The van der Waals surface area contributed by atoms with E-state index in [9.17, 15) is 9.90 Å². The molecule has 0 radical (unpaired) electrons. The van der Waals surface area contributed by atoms with Gasteiger partial charge in [0.15, 0.2) is 0 Å². The summed E-state index contributed by atoms with van der Waals surface area (Å²) in [6.07, 6.45) is 0.310. The van der Waals surface area contributed by atoms with Crippen molar-refractivity contribution >= 4 is 5.91 Å². The van der Waals surface area contributed by atoms with Crippen molar-refractivity contribution in [1.29, 1.82) is 0 Å². The molecule has 1 aromatic carbocycles. The number of carbonyl (C=O) groups excluding carboxylic acids is 1. The van der Waals surface area contributed by atoms with Crippen molar-refractivity contribution in [3.63, 3.8) is 0 Å². The molecule has 0 aliphatic heterocycles. The molecule has 4 heteroatoms. The van der Waals surface area contributed by atoms with Gasteiger partial charge in [-0.25, -0.2) is 0 Å². The van der Waals surface area contributed by atoms with Gasteiger partial charge in [-0.05, 0) is 12.0 Å². The van der Waals surface area contributed by atoms with Crippen LogP contribution < -0.4 is 10.6 Å². The highest BCUT2D eigenvalue weighted by atomic mass is 16.3. The Morgan fingerprint density at radius 3 is 2.50 bits per heavy atom. The maximum Gasteiger partial charge on any atom is 0.216 e. The average Bonchev–Trinajstić information content (AvgIpc) is 2.39. The van der Waals surface area contributed by atoms with Crippen molar-refractivity contribution in [2.24, 2.45) is 0 Å². The molecule has 18 heavy (non-hydrogen) atoms. The van der Waals surface area contributed by atoms with Gasteiger partial charge in [0.1, 0.15) is 0 Å². The normalized spacial score (nSPS) is 13.9. The molecule has 1 aromatic rings. The second kappa shape index (κ2) is 7.84. The van der Waals surface area contributed by atoms with E-state index in [2.05, 4.69) is 10.6 Å². The molecule has 1 rings (SSSR count). The molecule has 0 heterocycles. The Bertz CT molecular complexity index is 354. The third-order valence-corrected chi connectivity index (χ3v) is 2.87. The molecule has 0 aliphatic rings. The highest BCUT2D eigenvalue weighted by Crippen LogP contribution is 2.18. The van der Waals surface area contributed by atoms with Gasteiger partial charge in [-0.1, -0.05) is 37.3 Å². The lowest BCUT2D eigenvalue weighted by Crippen LogP contribution is -2.39. The van der Waals surface area contributed by atoms with Gasteiger partial charge in [0.2, 0.25) is 5.91 Å². The van der Waals surface area contributed by atoms with Crippen molar-refractivity contribution in [3.05, 3.63) is 35.9 Å². The van der Waals surface area contributed by atoms with E-state index in [1.54, 1.807) is 0 Å². The fraction of sp³-hybridized carbons (Fsp3) is 0.500. The zero-order valence-electron chi connectivity index (χ0n) is 11.0. The van der Waals surface area contributed by atoms with Crippen LogP contribution >= 0.6 is 0 Å². The van der Waals surface area contributed by atoms with E-state index in [1.807, 2.05) is 37.3 Å². The van der Waals surface area contributed by atoms with Crippen LogP contribution in [0.15, 0.2) is 30.3 Å². The smallest absolute Gasteiger partial charge is 0.216 e. The van der Waals surface area contributed by atoms with E-state index in [0.29, 0.717) is 13.1 Å². The van der Waals surface area contributed by atoms with Gasteiger partial charge < -0.3 is 15.7 Å². The molecule has 0 saturated carbocycles. The summed E-state index contributed by atoms with van der Waals surface area (Å²) in [6, 6.07) is 9.61. The number of benzene rings is 1. The zero-order valence-corrected chi connectivity index (χ0v) is 11.0. The van der Waals surface area contributed by atoms with Gasteiger partial charge >= 0.3 is 0 Å². The van der Waals surface area contributed by atoms with Crippen LogP contribution in [-0.2, 0) is 4.79 Å². The van der Waals surface area contributed by atoms with E-state index < -0.39 is 6.10 Å². The van der Waals surface area contributed by atoms with Crippen LogP contribution in [0, 0.1) is 0 Å². The molecule has 0 saturated heterocycles.